The summed E-state index contributed by atoms with van der Waals surface area (Å²) in [6, 6.07) is 8.26. The molecular weight excluding hydrogens is 335 g/mol. The number of nitrogens with one attached hydrogen (secondary N) is 1. The average molecular weight is 349 g/mol. The van der Waals surface area contributed by atoms with Gasteiger partial charge in [0.25, 0.3) is 5.91 Å². The number of nitrogens with zero attached hydrogens (tertiary/aromatic N) is 2. The van der Waals surface area contributed by atoms with Gasteiger partial charge in [-0.25, -0.2) is 0 Å². The topological polar surface area (TPSA) is 60.1 Å². The van der Waals surface area contributed by atoms with E-state index in [9.17, 15) is 18.0 Å². The number of anilines is 1. The van der Waals surface area contributed by atoms with Crippen molar-refractivity contribution in [2.45, 2.75) is 20.0 Å². The van der Waals surface area contributed by atoms with E-state index in [1.807, 2.05) is 0 Å². The maximum absolute atomic E-state index is 13.3. The van der Waals surface area contributed by atoms with Gasteiger partial charge in [-0.05, 0) is 32.0 Å². The lowest BCUT2D eigenvalue weighted by molar-refractivity contribution is -0.137. The summed E-state index contributed by atoms with van der Waals surface area (Å²) in [5.74, 6) is -0.247. The highest BCUT2D eigenvalue weighted by Gasteiger charge is 2.34. The number of amides is 1. The largest absolute Gasteiger partial charge is 0.418 e. The molecule has 3 rings (SSSR count). The molecule has 0 aliphatic carbocycles. The number of para-hydroxylation sites is 1. The lowest BCUT2D eigenvalue weighted by Crippen LogP contribution is -2.15. The number of hydrogen-bond acceptors (Lipinski definition) is 3. The van der Waals surface area contributed by atoms with Crippen LogP contribution >= 0.6 is 0 Å². The maximum Gasteiger partial charge on any atom is 0.418 e. The Morgan fingerprint density at radius 2 is 1.92 bits per heavy atom. The molecule has 2 heterocycles. The summed E-state index contributed by atoms with van der Waals surface area (Å²) in [6.45, 7) is 3.24. The second-order valence-corrected chi connectivity index (χ2v) is 5.47. The lowest BCUT2D eigenvalue weighted by Gasteiger charge is -2.16. The second-order valence-electron chi connectivity index (χ2n) is 5.47. The average Bonchev–Trinajstić information content (AvgIpc) is 3.14. The first kappa shape index (κ1) is 16.8. The fourth-order valence-electron chi connectivity index (χ4n) is 2.73. The van der Waals surface area contributed by atoms with E-state index in [2.05, 4.69) is 15.0 Å². The highest BCUT2D eigenvalue weighted by molar-refractivity contribution is 6.04. The van der Waals surface area contributed by atoms with Crippen LogP contribution in [0, 0.1) is 13.8 Å². The normalized spacial score (nSPS) is 11.6. The van der Waals surface area contributed by atoms with Gasteiger partial charge in [0.2, 0.25) is 0 Å². The molecule has 0 aliphatic heterocycles. The molecule has 1 aromatic carbocycles. The number of aromatic nitrogens is 2. The van der Waals surface area contributed by atoms with Crippen molar-refractivity contribution in [1.29, 1.82) is 0 Å². The van der Waals surface area contributed by atoms with E-state index in [-0.39, 0.29) is 17.1 Å². The van der Waals surface area contributed by atoms with E-state index in [0.29, 0.717) is 11.4 Å². The van der Waals surface area contributed by atoms with Crippen molar-refractivity contribution in [3.8, 4) is 5.69 Å². The van der Waals surface area contributed by atoms with Crippen molar-refractivity contribution in [3.05, 3.63) is 65.2 Å². The third kappa shape index (κ3) is 3.15. The van der Waals surface area contributed by atoms with Crippen LogP contribution in [-0.2, 0) is 6.18 Å². The molecule has 5 nitrogen and oxygen atoms in total. The molecule has 0 unspecified atom stereocenters. The molecule has 8 heteroatoms. The zero-order chi connectivity index (χ0) is 18.2. The van der Waals surface area contributed by atoms with Crippen molar-refractivity contribution in [1.82, 2.24) is 9.72 Å². The van der Waals surface area contributed by atoms with Gasteiger partial charge in [0.1, 0.15) is 6.26 Å². The molecule has 0 fully saturated rings. The molecule has 0 saturated heterocycles. The molecule has 0 aliphatic rings. The van der Waals surface area contributed by atoms with Gasteiger partial charge in [-0.1, -0.05) is 17.3 Å². The number of carbonyl (C=O) groups is 1. The number of hydrogen-bond donors (Lipinski definition) is 1. The first-order valence-electron chi connectivity index (χ1n) is 7.36. The number of carbonyl (C=O) groups excluding carboxylic acids is 1. The molecule has 0 bridgehead atoms. The van der Waals surface area contributed by atoms with Gasteiger partial charge in [-0.15, -0.1) is 0 Å². The number of alkyl halides is 3. The molecular formula is C17H14F3N3O2. The SMILES string of the molecule is Cc1cc(C(=O)Nc2ccon2)c(C)n1-c1ccccc1C(F)(F)F. The zero-order valence-electron chi connectivity index (χ0n) is 13.4. The number of aryl methyl sites for hydroxylation is 1. The van der Waals surface area contributed by atoms with Crippen LogP contribution in [0.5, 0.6) is 0 Å². The minimum Gasteiger partial charge on any atom is -0.363 e. The van der Waals surface area contributed by atoms with Crippen LogP contribution < -0.4 is 5.32 Å². The van der Waals surface area contributed by atoms with Gasteiger partial charge in [0.15, 0.2) is 5.82 Å². The maximum atomic E-state index is 13.3. The summed E-state index contributed by atoms with van der Waals surface area (Å²) in [5.41, 5.74) is 0.387. The summed E-state index contributed by atoms with van der Waals surface area (Å²) in [5, 5.41) is 6.12. The Hall–Kier alpha value is -3.03. The van der Waals surface area contributed by atoms with Crippen LogP contribution in [0.25, 0.3) is 5.69 Å². The van der Waals surface area contributed by atoms with Crippen LogP contribution in [0.15, 0.2) is 47.2 Å². The van der Waals surface area contributed by atoms with Crippen LogP contribution in [0.1, 0.15) is 27.3 Å². The lowest BCUT2D eigenvalue weighted by atomic mass is 10.1. The monoisotopic (exact) mass is 349 g/mol. The van der Waals surface area contributed by atoms with E-state index in [1.165, 1.54) is 41.2 Å². The van der Waals surface area contributed by atoms with Gasteiger partial charge in [0, 0.05) is 17.5 Å². The minimum absolute atomic E-state index is 0.0227. The molecule has 1 N–H and O–H groups in total. The molecule has 2 aromatic heterocycles. The zero-order valence-corrected chi connectivity index (χ0v) is 13.4. The molecule has 1 amide bonds. The Morgan fingerprint density at radius 3 is 2.56 bits per heavy atom. The Labute approximate surface area is 141 Å². The third-order valence-electron chi connectivity index (χ3n) is 3.81. The number of halogens is 3. The molecule has 0 saturated carbocycles. The predicted octanol–water partition coefficient (Wildman–Crippen LogP) is 4.35. The summed E-state index contributed by atoms with van der Waals surface area (Å²) in [4.78, 5) is 12.4. The van der Waals surface area contributed by atoms with Gasteiger partial charge in [-0.2, -0.15) is 13.2 Å². The molecule has 25 heavy (non-hydrogen) atoms. The van der Waals surface area contributed by atoms with Crippen LogP contribution in [0.4, 0.5) is 19.0 Å². The highest BCUT2D eigenvalue weighted by Crippen LogP contribution is 2.35. The second kappa shape index (κ2) is 6.12. The van der Waals surface area contributed by atoms with Crippen molar-refractivity contribution >= 4 is 11.7 Å². The number of benzene rings is 1. The van der Waals surface area contributed by atoms with Crippen molar-refractivity contribution < 1.29 is 22.5 Å². The van der Waals surface area contributed by atoms with E-state index in [0.717, 1.165) is 6.07 Å². The molecule has 130 valence electrons. The Bertz CT molecular complexity index is 912. The quantitative estimate of drug-likeness (QED) is 0.765. The van der Waals surface area contributed by atoms with E-state index in [4.69, 9.17) is 0 Å². The fourth-order valence-corrected chi connectivity index (χ4v) is 2.73. The minimum atomic E-state index is -4.50. The first-order valence-corrected chi connectivity index (χ1v) is 7.36. The van der Waals surface area contributed by atoms with Crippen molar-refractivity contribution in [3.63, 3.8) is 0 Å². The molecule has 3 aromatic rings. The summed E-state index contributed by atoms with van der Waals surface area (Å²) in [7, 11) is 0. The van der Waals surface area contributed by atoms with Crippen LogP contribution in [-0.4, -0.2) is 15.6 Å². The van der Waals surface area contributed by atoms with Crippen LogP contribution in [0.3, 0.4) is 0 Å². The Kier molecular flexibility index (Phi) is 4.12. The van der Waals surface area contributed by atoms with Gasteiger partial charge in [-0.3, -0.25) is 4.79 Å². The molecule has 0 radical (unpaired) electrons. The Balaban J connectivity index is 2.06. The van der Waals surface area contributed by atoms with E-state index in [1.54, 1.807) is 13.8 Å². The third-order valence-corrected chi connectivity index (χ3v) is 3.81. The standard InChI is InChI=1S/C17H14F3N3O2/c1-10-9-12(16(24)21-15-7-8-25-22-15)11(2)23(10)14-6-4-3-5-13(14)17(18,19)20/h3-9H,1-2H3,(H,21,22,24). The first-order chi connectivity index (χ1) is 11.8. The van der Waals surface area contributed by atoms with Crippen molar-refractivity contribution in [2.75, 3.05) is 5.32 Å². The van der Waals surface area contributed by atoms with E-state index < -0.39 is 17.6 Å². The highest BCUT2D eigenvalue weighted by atomic mass is 19.4. The Morgan fingerprint density at radius 1 is 1.20 bits per heavy atom. The molecule has 0 spiro atoms. The summed E-state index contributed by atoms with van der Waals surface area (Å²) < 4.78 is 46.0. The number of rotatable bonds is 3. The predicted molar refractivity (Wildman–Crippen MR) is 84.7 cm³/mol. The van der Waals surface area contributed by atoms with Crippen LogP contribution in [0.2, 0.25) is 0 Å². The van der Waals surface area contributed by atoms with Gasteiger partial charge in [0.05, 0.1) is 16.8 Å². The van der Waals surface area contributed by atoms with Gasteiger partial charge < -0.3 is 14.4 Å². The summed E-state index contributed by atoms with van der Waals surface area (Å²) >= 11 is 0. The van der Waals surface area contributed by atoms with Crippen molar-refractivity contribution in [2.24, 2.45) is 0 Å². The van der Waals surface area contributed by atoms with E-state index >= 15 is 0 Å². The summed E-state index contributed by atoms with van der Waals surface area (Å²) in [6.07, 6.45) is -3.19. The molecule has 0 atom stereocenters. The fraction of sp³-hybridized carbons (Fsp3) is 0.176. The van der Waals surface area contributed by atoms with Gasteiger partial charge >= 0.3 is 6.18 Å². The smallest absolute Gasteiger partial charge is 0.363 e.